The average Bonchev–Trinajstić information content (AvgIpc) is 2.15. The topological polar surface area (TPSA) is 20.2 Å². The van der Waals surface area contributed by atoms with E-state index in [-0.39, 0.29) is 15.8 Å². The van der Waals surface area contributed by atoms with Crippen LogP contribution in [0.25, 0.3) is 5.76 Å². The van der Waals surface area contributed by atoms with Gasteiger partial charge in [-0.15, -0.1) is 0 Å². The summed E-state index contributed by atoms with van der Waals surface area (Å²) in [5.41, 5.74) is -0.651. The molecule has 5 heteroatoms. The maximum absolute atomic E-state index is 12.5. The fourth-order valence-electron chi connectivity index (χ4n) is 1.07. The second-order valence-corrected chi connectivity index (χ2v) is 3.72. The van der Waals surface area contributed by atoms with Crippen molar-refractivity contribution in [1.82, 2.24) is 0 Å². The number of hydrogen-bond acceptors (Lipinski definition) is 1. The summed E-state index contributed by atoms with van der Waals surface area (Å²) in [6.45, 7) is 1.55. The third-order valence-corrected chi connectivity index (χ3v) is 2.53. The Morgan fingerprint density at radius 1 is 1.40 bits per heavy atom. The van der Waals surface area contributed by atoms with Gasteiger partial charge in [-0.25, -0.2) is 0 Å². The van der Waals surface area contributed by atoms with Gasteiger partial charge in [0.05, 0.1) is 5.56 Å². The summed E-state index contributed by atoms with van der Waals surface area (Å²) >= 11 is 2.82. The smallest absolute Gasteiger partial charge is 0.417 e. The zero-order chi connectivity index (χ0) is 11.6. The van der Waals surface area contributed by atoms with E-state index in [2.05, 4.69) is 15.9 Å². The van der Waals surface area contributed by atoms with Crippen molar-refractivity contribution in [3.05, 3.63) is 39.9 Å². The second kappa shape index (κ2) is 4.26. The molecule has 0 radical (unpaired) electrons. The van der Waals surface area contributed by atoms with Crippen LogP contribution in [-0.2, 0) is 6.18 Å². The lowest BCUT2D eigenvalue weighted by molar-refractivity contribution is -0.138. The summed E-state index contributed by atoms with van der Waals surface area (Å²) in [6.07, 6.45) is -3.09. The third-order valence-electron chi connectivity index (χ3n) is 1.84. The first-order valence-corrected chi connectivity index (χ1v) is 4.88. The molecule has 0 aliphatic carbocycles. The van der Waals surface area contributed by atoms with Gasteiger partial charge in [0.25, 0.3) is 0 Å². The molecule has 15 heavy (non-hydrogen) atoms. The van der Waals surface area contributed by atoms with E-state index < -0.39 is 11.7 Å². The predicted molar refractivity (Wildman–Crippen MR) is 55.4 cm³/mol. The van der Waals surface area contributed by atoms with E-state index >= 15 is 0 Å². The zero-order valence-electron chi connectivity index (χ0n) is 7.77. The van der Waals surface area contributed by atoms with Gasteiger partial charge in [0.2, 0.25) is 0 Å². The lowest BCUT2D eigenvalue weighted by Crippen LogP contribution is -2.06. The van der Waals surface area contributed by atoms with Gasteiger partial charge in [-0.3, -0.25) is 0 Å². The molecule has 1 nitrogen and oxygen atoms in total. The molecule has 0 bridgehead atoms. The van der Waals surface area contributed by atoms with Crippen molar-refractivity contribution in [2.45, 2.75) is 13.1 Å². The Bertz CT molecular complexity index is 396. The molecule has 0 aliphatic rings. The van der Waals surface area contributed by atoms with Crippen molar-refractivity contribution >= 4 is 21.7 Å². The van der Waals surface area contributed by atoms with E-state index in [9.17, 15) is 18.3 Å². The Labute approximate surface area is 93.4 Å². The first-order valence-electron chi connectivity index (χ1n) is 4.08. The highest BCUT2D eigenvalue weighted by Gasteiger charge is 2.33. The number of halogens is 4. The van der Waals surface area contributed by atoms with Gasteiger partial charge >= 0.3 is 6.18 Å². The van der Waals surface area contributed by atoms with E-state index in [1.54, 1.807) is 6.92 Å². The van der Waals surface area contributed by atoms with Crippen LogP contribution < -0.4 is 0 Å². The lowest BCUT2D eigenvalue weighted by atomic mass is 10.1. The van der Waals surface area contributed by atoms with E-state index in [4.69, 9.17) is 0 Å². The monoisotopic (exact) mass is 280 g/mol. The number of benzene rings is 1. The lowest BCUT2D eigenvalue weighted by Gasteiger charge is -2.10. The number of alkyl halides is 3. The van der Waals surface area contributed by atoms with Crippen molar-refractivity contribution < 1.29 is 18.3 Å². The summed E-state index contributed by atoms with van der Waals surface area (Å²) in [6, 6.07) is 3.58. The molecule has 1 aromatic rings. The minimum Gasteiger partial charge on any atom is -0.508 e. The first-order chi connectivity index (χ1) is 6.86. The quantitative estimate of drug-likeness (QED) is 0.757. The summed E-state index contributed by atoms with van der Waals surface area (Å²) in [5.74, 6) is -0.173. The molecule has 0 amide bonds. The van der Waals surface area contributed by atoms with E-state index in [0.717, 1.165) is 6.07 Å². The highest BCUT2D eigenvalue weighted by Crippen LogP contribution is 2.36. The molecule has 0 heterocycles. The average molecular weight is 281 g/mol. The van der Waals surface area contributed by atoms with Gasteiger partial charge in [0.15, 0.2) is 0 Å². The molecule has 0 saturated heterocycles. The van der Waals surface area contributed by atoms with E-state index in [1.807, 2.05) is 0 Å². The van der Waals surface area contributed by atoms with Crippen LogP contribution in [0.3, 0.4) is 0 Å². The standard InChI is InChI=1S/C10H8BrF3O/c1-2-9(15)6-3-4-8(11)7(5-6)10(12,13)14/h2-5,15H,1H3. The van der Waals surface area contributed by atoms with Gasteiger partial charge < -0.3 is 5.11 Å². The summed E-state index contributed by atoms with van der Waals surface area (Å²) in [5, 5.41) is 9.29. The van der Waals surface area contributed by atoms with Gasteiger partial charge in [-0.1, -0.05) is 22.0 Å². The van der Waals surface area contributed by atoms with Crippen molar-refractivity contribution in [3.63, 3.8) is 0 Å². The van der Waals surface area contributed by atoms with Crippen LogP contribution in [0.4, 0.5) is 13.2 Å². The Morgan fingerprint density at radius 3 is 2.47 bits per heavy atom. The maximum Gasteiger partial charge on any atom is 0.417 e. The van der Waals surface area contributed by atoms with Crippen LogP contribution in [0.1, 0.15) is 18.1 Å². The first kappa shape index (κ1) is 12.1. The Hall–Kier alpha value is -0.970. The minimum absolute atomic E-state index is 0.0392. The summed E-state index contributed by atoms with van der Waals surface area (Å²) in [4.78, 5) is 0. The molecule has 0 aromatic heterocycles. The van der Waals surface area contributed by atoms with Crippen molar-refractivity contribution in [2.75, 3.05) is 0 Å². The molecule has 0 atom stereocenters. The van der Waals surface area contributed by atoms with Crippen molar-refractivity contribution in [3.8, 4) is 0 Å². The second-order valence-electron chi connectivity index (χ2n) is 2.87. The molecule has 0 aliphatic heterocycles. The van der Waals surface area contributed by atoms with E-state index in [1.165, 1.54) is 18.2 Å². The van der Waals surface area contributed by atoms with Crippen molar-refractivity contribution in [1.29, 1.82) is 0 Å². The molecule has 0 fully saturated rings. The Morgan fingerprint density at radius 2 is 2.00 bits per heavy atom. The van der Waals surface area contributed by atoms with Crippen molar-refractivity contribution in [2.24, 2.45) is 0 Å². The van der Waals surface area contributed by atoms with Crippen LogP contribution in [-0.4, -0.2) is 5.11 Å². The number of rotatable bonds is 1. The number of aliphatic hydroxyl groups is 1. The maximum atomic E-state index is 12.5. The molecule has 1 N–H and O–H groups in total. The normalized spacial score (nSPS) is 13.0. The Balaban J connectivity index is 3.29. The molecular weight excluding hydrogens is 273 g/mol. The molecule has 1 aromatic carbocycles. The Kier molecular flexibility index (Phi) is 3.44. The van der Waals surface area contributed by atoms with Gasteiger partial charge in [-0.2, -0.15) is 13.2 Å². The fraction of sp³-hybridized carbons (Fsp3) is 0.200. The summed E-state index contributed by atoms with van der Waals surface area (Å²) < 4.78 is 37.4. The highest BCUT2D eigenvalue weighted by molar-refractivity contribution is 9.10. The molecule has 0 saturated carbocycles. The van der Waals surface area contributed by atoms with Gasteiger partial charge in [0.1, 0.15) is 5.76 Å². The number of aliphatic hydroxyl groups excluding tert-OH is 1. The predicted octanol–water partition coefficient (Wildman–Crippen LogP) is 4.39. The molecular formula is C10H8BrF3O. The highest BCUT2D eigenvalue weighted by atomic mass is 79.9. The van der Waals surface area contributed by atoms with Gasteiger partial charge in [-0.05, 0) is 25.1 Å². The number of allylic oxidation sites excluding steroid dienone is 1. The fourth-order valence-corrected chi connectivity index (χ4v) is 1.54. The van der Waals surface area contributed by atoms with Crippen LogP contribution in [0, 0.1) is 0 Å². The zero-order valence-corrected chi connectivity index (χ0v) is 9.35. The van der Waals surface area contributed by atoms with Crippen LogP contribution in [0.5, 0.6) is 0 Å². The van der Waals surface area contributed by atoms with Crippen LogP contribution >= 0.6 is 15.9 Å². The molecule has 1 rings (SSSR count). The van der Waals surface area contributed by atoms with Crippen LogP contribution in [0.2, 0.25) is 0 Å². The third kappa shape index (κ3) is 2.75. The molecule has 0 spiro atoms. The summed E-state index contributed by atoms with van der Waals surface area (Å²) in [7, 11) is 0. The molecule has 82 valence electrons. The SMILES string of the molecule is CC=C(O)c1ccc(Br)c(C(F)(F)F)c1. The molecule has 0 unspecified atom stereocenters. The minimum atomic E-state index is -4.43. The van der Waals surface area contributed by atoms with Crippen LogP contribution in [0.15, 0.2) is 28.7 Å². The largest absolute Gasteiger partial charge is 0.508 e. The van der Waals surface area contributed by atoms with E-state index in [0.29, 0.717) is 0 Å². The van der Waals surface area contributed by atoms with Gasteiger partial charge in [0, 0.05) is 10.0 Å². The number of hydrogen-bond donors (Lipinski definition) is 1.